The van der Waals surface area contributed by atoms with Gasteiger partial charge in [-0.05, 0) is 74.1 Å². The molecule has 10 rings (SSSR count). The molecule has 2 heterocycles. The smallest absolute Gasteiger partial charge is 0.164 e. The molecule has 0 aliphatic heterocycles. The van der Waals surface area contributed by atoms with E-state index in [0.717, 1.165) is 68.0 Å². The van der Waals surface area contributed by atoms with Gasteiger partial charge in [0.05, 0.1) is 0 Å². The van der Waals surface area contributed by atoms with E-state index in [0.29, 0.717) is 17.5 Å². The van der Waals surface area contributed by atoms with E-state index in [1.165, 1.54) is 27.3 Å². The molecule has 0 atom stereocenters. The van der Waals surface area contributed by atoms with E-state index in [1.807, 2.05) is 6.07 Å². The van der Waals surface area contributed by atoms with Gasteiger partial charge in [0, 0.05) is 34.1 Å². The highest BCUT2D eigenvalue weighted by atomic mass is 16.3. The molecule has 230 valence electrons. The fraction of sp³-hybridized carbons (Fsp3) is 0.0444. The van der Waals surface area contributed by atoms with Crippen LogP contribution < -0.4 is 0 Å². The molecule has 0 unspecified atom stereocenters. The summed E-state index contributed by atoms with van der Waals surface area (Å²) < 4.78 is 6.31. The van der Waals surface area contributed by atoms with Gasteiger partial charge >= 0.3 is 0 Å². The third kappa shape index (κ3) is 4.64. The number of hydrogen-bond acceptors (Lipinski definition) is 4. The number of hydrogen-bond donors (Lipinski definition) is 0. The topological polar surface area (TPSA) is 51.8 Å². The molecule has 1 aliphatic carbocycles. The Morgan fingerprint density at radius 2 is 1.10 bits per heavy atom. The Morgan fingerprint density at radius 1 is 0.449 bits per heavy atom. The van der Waals surface area contributed by atoms with E-state index in [9.17, 15) is 0 Å². The quantitative estimate of drug-likeness (QED) is 0.182. The van der Waals surface area contributed by atoms with Crippen molar-refractivity contribution >= 4 is 48.9 Å². The molecular formula is C45H29N3O. The summed E-state index contributed by atoms with van der Waals surface area (Å²) in [7, 11) is 0. The third-order valence-corrected chi connectivity index (χ3v) is 9.74. The number of fused-ring (bicyclic) bond motifs is 7. The van der Waals surface area contributed by atoms with Crippen LogP contribution in [0.2, 0.25) is 0 Å². The maximum atomic E-state index is 6.31. The summed E-state index contributed by atoms with van der Waals surface area (Å²) in [6, 6.07) is 51.0. The molecule has 4 heteroatoms. The largest absolute Gasteiger partial charge is 0.460 e. The van der Waals surface area contributed by atoms with Gasteiger partial charge in [-0.15, -0.1) is 0 Å². The van der Waals surface area contributed by atoms with Crippen LogP contribution in [0.15, 0.2) is 156 Å². The van der Waals surface area contributed by atoms with Gasteiger partial charge in [0.2, 0.25) is 0 Å². The Morgan fingerprint density at radius 3 is 1.96 bits per heavy atom. The van der Waals surface area contributed by atoms with Crippen LogP contribution in [0.5, 0.6) is 0 Å². The molecule has 0 spiro atoms. The van der Waals surface area contributed by atoms with Gasteiger partial charge in [0.1, 0.15) is 11.3 Å². The average Bonchev–Trinajstić information content (AvgIpc) is 3.56. The van der Waals surface area contributed by atoms with Crippen LogP contribution in [-0.4, -0.2) is 15.0 Å². The van der Waals surface area contributed by atoms with Gasteiger partial charge in [-0.1, -0.05) is 127 Å². The summed E-state index contributed by atoms with van der Waals surface area (Å²) >= 11 is 0. The molecule has 0 saturated carbocycles. The molecular weight excluding hydrogens is 599 g/mol. The zero-order valence-corrected chi connectivity index (χ0v) is 26.6. The highest BCUT2D eigenvalue weighted by molar-refractivity contribution is 6.13. The first-order chi connectivity index (χ1) is 24.3. The third-order valence-electron chi connectivity index (χ3n) is 9.74. The lowest BCUT2D eigenvalue weighted by molar-refractivity contribution is 0.545. The SMILES string of the molecule is C1=C(c2cccc(-c3nc(-c4ccc5ccccc5c4)nc(-c4cc5ccccc5c5ccccc45)n3)c2)c2c(oc3ccccc23)CC1. The van der Waals surface area contributed by atoms with E-state index in [2.05, 4.69) is 146 Å². The molecule has 2 aromatic heterocycles. The zero-order valence-electron chi connectivity index (χ0n) is 26.6. The van der Waals surface area contributed by atoms with Crippen molar-refractivity contribution in [3.05, 3.63) is 169 Å². The van der Waals surface area contributed by atoms with Crippen molar-refractivity contribution in [1.82, 2.24) is 15.0 Å². The van der Waals surface area contributed by atoms with Crippen molar-refractivity contribution in [2.75, 3.05) is 0 Å². The molecule has 49 heavy (non-hydrogen) atoms. The molecule has 4 nitrogen and oxygen atoms in total. The van der Waals surface area contributed by atoms with Gasteiger partial charge in [0.15, 0.2) is 17.5 Å². The summed E-state index contributed by atoms with van der Waals surface area (Å²) in [6.45, 7) is 0. The van der Waals surface area contributed by atoms with Crippen molar-refractivity contribution in [2.24, 2.45) is 0 Å². The van der Waals surface area contributed by atoms with Crippen molar-refractivity contribution in [3.8, 4) is 34.2 Å². The van der Waals surface area contributed by atoms with Crippen LogP contribution in [-0.2, 0) is 6.42 Å². The maximum Gasteiger partial charge on any atom is 0.164 e. The van der Waals surface area contributed by atoms with E-state index in [-0.39, 0.29) is 0 Å². The number of allylic oxidation sites excluding steroid dienone is 1. The highest BCUT2D eigenvalue weighted by Crippen LogP contribution is 2.40. The first-order valence-electron chi connectivity index (χ1n) is 16.7. The summed E-state index contributed by atoms with van der Waals surface area (Å²) in [5, 5.41) is 8.14. The summed E-state index contributed by atoms with van der Waals surface area (Å²) in [5.74, 6) is 2.99. The van der Waals surface area contributed by atoms with E-state index in [1.54, 1.807) is 0 Å². The van der Waals surface area contributed by atoms with Gasteiger partial charge in [-0.25, -0.2) is 15.0 Å². The van der Waals surface area contributed by atoms with Crippen molar-refractivity contribution < 1.29 is 4.42 Å². The van der Waals surface area contributed by atoms with Crippen molar-refractivity contribution in [1.29, 1.82) is 0 Å². The summed E-state index contributed by atoms with van der Waals surface area (Å²) in [5.41, 5.74) is 7.31. The zero-order chi connectivity index (χ0) is 32.3. The molecule has 0 bridgehead atoms. The molecule has 1 aliphatic rings. The molecule has 7 aromatic carbocycles. The monoisotopic (exact) mass is 627 g/mol. The normalized spacial score (nSPS) is 12.9. The Hall–Kier alpha value is -6.39. The van der Waals surface area contributed by atoms with Gasteiger partial charge in [-0.3, -0.25) is 0 Å². The fourth-order valence-electron chi connectivity index (χ4n) is 7.43. The number of aryl methyl sites for hydroxylation is 1. The first-order valence-corrected chi connectivity index (χ1v) is 16.7. The van der Waals surface area contributed by atoms with Crippen LogP contribution in [0.3, 0.4) is 0 Å². The van der Waals surface area contributed by atoms with Crippen LogP contribution >= 0.6 is 0 Å². The average molecular weight is 628 g/mol. The number of rotatable bonds is 4. The molecule has 0 radical (unpaired) electrons. The second kappa shape index (κ2) is 11.1. The molecule has 0 N–H and O–H groups in total. The predicted octanol–water partition coefficient (Wildman–Crippen LogP) is 11.5. The number of aromatic nitrogens is 3. The van der Waals surface area contributed by atoms with E-state index >= 15 is 0 Å². The lowest BCUT2D eigenvalue weighted by atomic mass is 9.89. The standard InChI is InChI=1S/C45H29N3O/c1-2-12-29-25-33(24-23-28(29)11-1)44-46-43(47-45(48-44)39-27-31-13-3-4-16-34(31)36-17-5-6-18-37(36)39)32-15-9-14-30(26-32)35-20-10-22-41-42(35)38-19-7-8-21-40(38)49-41/h1-9,11-21,23-27H,10,22H2. The molecule has 0 saturated heterocycles. The van der Waals surface area contributed by atoms with E-state index in [4.69, 9.17) is 19.4 Å². The Kier molecular flexibility index (Phi) is 6.28. The first kappa shape index (κ1) is 27.7. The maximum absolute atomic E-state index is 6.31. The Balaban J connectivity index is 1.19. The fourth-order valence-corrected chi connectivity index (χ4v) is 7.43. The molecule has 0 amide bonds. The van der Waals surface area contributed by atoms with E-state index < -0.39 is 0 Å². The van der Waals surface area contributed by atoms with Crippen molar-refractivity contribution in [3.63, 3.8) is 0 Å². The molecule has 9 aromatic rings. The summed E-state index contributed by atoms with van der Waals surface area (Å²) in [4.78, 5) is 15.6. The number of para-hydroxylation sites is 1. The molecule has 0 fully saturated rings. The van der Waals surface area contributed by atoms with Gasteiger partial charge < -0.3 is 4.42 Å². The van der Waals surface area contributed by atoms with Crippen LogP contribution in [0.4, 0.5) is 0 Å². The minimum atomic E-state index is 0.640. The van der Waals surface area contributed by atoms with Gasteiger partial charge in [-0.2, -0.15) is 0 Å². The van der Waals surface area contributed by atoms with Crippen LogP contribution in [0, 0.1) is 0 Å². The minimum absolute atomic E-state index is 0.640. The second-order valence-electron chi connectivity index (χ2n) is 12.7. The highest BCUT2D eigenvalue weighted by Gasteiger charge is 2.23. The minimum Gasteiger partial charge on any atom is -0.460 e. The predicted molar refractivity (Wildman–Crippen MR) is 200 cm³/mol. The lowest BCUT2D eigenvalue weighted by Gasteiger charge is -2.15. The number of benzene rings is 7. The van der Waals surface area contributed by atoms with Crippen LogP contribution in [0.25, 0.3) is 83.0 Å². The van der Waals surface area contributed by atoms with Crippen molar-refractivity contribution in [2.45, 2.75) is 12.8 Å². The van der Waals surface area contributed by atoms with Gasteiger partial charge in [0.25, 0.3) is 0 Å². The Labute approximate surface area is 283 Å². The second-order valence-corrected chi connectivity index (χ2v) is 12.7. The number of furan rings is 1. The lowest BCUT2D eigenvalue weighted by Crippen LogP contribution is -2.02. The Bertz CT molecular complexity index is 2790. The summed E-state index contributed by atoms with van der Waals surface area (Å²) in [6.07, 6.45) is 4.17. The number of nitrogens with zero attached hydrogens (tertiary/aromatic N) is 3. The van der Waals surface area contributed by atoms with Crippen LogP contribution in [0.1, 0.15) is 23.3 Å².